The summed E-state index contributed by atoms with van der Waals surface area (Å²) in [5.41, 5.74) is 2.09. The van der Waals surface area contributed by atoms with E-state index in [9.17, 15) is 18.0 Å². The smallest absolute Gasteiger partial charge is 0.300 e. The largest absolute Gasteiger partial charge is 0.338 e. The molecule has 5 rings (SSSR count). The van der Waals surface area contributed by atoms with Crippen LogP contribution >= 0.6 is 11.6 Å². The zero-order chi connectivity index (χ0) is 27.7. The maximum atomic E-state index is 13.9. The van der Waals surface area contributed by atoms with Crippen molar-refractivity contribution < 1.29 is 18.0 Å². The highest BCUT2D eigenvalue weighted by atomic mass is 35.5. The predicted octanol–water partition coefficient (Wildman–Crippen LogP) is 3.82. The number of hydrogen-bond acceptors (Lipinski definition) is 6. The molecule has 39 heavy (non-hydrogen) atoms. The highest BCUT2D eigenvalue weighted by molar-refractivity contribution is 7.90. The highest BCUT2D eigenvalue weighted by Gasteiger charge is 2.33. The van der Waals surface area contributed by atoms with Crippen LogP contribution in [0.15, 0.2) is 67.0 Å². The van der Waals surface area contributed by atoms with Crippen molar-refractivity contribution in [2.45, 2.75) is 32.2 Å². The molecule has 0 aliphatic carbocycles. The molecule has 0 atom stereocenters. The van der Waals surface area contributed by atoms with E-state index in [0.29, 0.717) is 29.6 Å². The van der Waals surface area contributed by atoms with E-state index in [2.05, 4.69) is 22.2 Å². The fourth-order valence-electron chi connectivity index (χ4n) is 4.96. The minimum Gasteiger partial charge on any atom is -0.338 e. The average Bonchev–Trinajstić information content (AvgIpc) is 3.36. The van der Waals surface area contributed by atoms with Gasteiger partial charge >= 0.3 is 10.2 Å². The van der Waals surface area contributed by atoms with Crippen LogP contribution in [0.2, 0.25) is 5.02 Å². The van der Waals surface area contributed by atoms with Crippen LogP contribution in [-0.4, -0.2) is 52.7 Å². The van der Waals surface area contributed by atoms with Gasteiger partial charge in [-0.25, -0.2) is 14.4 Å². The molecule has 2 aromatic carbocycles. The Bertz CT molecular complexity index is 1650. The van der Waals surface area contributed by atoms with Gasteiger partial charge in [-0.3, -0.25) is 9.59 Å². The number of halogens is 1. The number of carbonyl (C=O) groups excluding carboxylic acids is 2. The van der Waals surface area contributed by atoms with E-state index in [1.54, 1.807) is 29.2 Å². The summed E-state index contributed by atoms with van der Waals surface area (Å²) in [7, 11) is -4.42. The Morgan fingerprint density at radius 3 is 2.41 bits per heavy atom. The second-order valence-corrected chi connectivity index (χ2v) is 11.4. The molecule has 1 aliphatic heterocycles. The van der Waals surface area contributed by atoms with E-state index < -0.39 is 16.1 Å². The van der Waals surface area contributed by atoms with Gasteiger partial charge in [0.15, 0.2) is 17.2 Å². The lowest BCUT2D eigenvalue weighted by Crippen LogP contribution is -2.42. The standard InChI is InChI=1S/C27H27ClN6O4S/c1-18(35)23-16-31-34-25(23)30-15-24(26(34)33(39(29,37)38)17-19-6-5-9-22(28)14-19)27(36)32-12-10-21(11-13-32)20-7-3-2-4-8-20/h2-9,14-16,21H,10-13,17H2,1H3,(H2,29,37,38). The van der Waals surface area contributed by atoms with Gasteiger partial charge < -0.3 is 4.90 Å². The van der Waals surface area contributed by atoms with Gasteiger partial charge in [-0.1, -0.05) is 54.1 Å². The third kappa shape index (κ3) is 5.51. The quantitative estimate of drug-likeness (QED) is 0.338. The summed E-state index contributed by atoms with van der Waals surface area (Å²) in [6.07, 6.45) is 4.12. The van der Waals surface area contributed by atoms with Gasteiger partial charge in [-0.05, 0) is 48.9 Å². The first-order valence-corrected chi connectivity index (χ1v) is 14.3. The van der Waals surface area contributed by atoms with Crippen LogP contribution in [0.5, 0.6) is 0 Å². The van der Waals surface area contributed by atoms with Gasteiger partial charge in [0.05, 0.1) is 18.3 Å². The normalized spacial score (nSPS) is 14.5. The Morgan fingerprint density at radius 2 is 1.77 bits per heavy atom. The molecule has 10 nitrogen and oxygen atoms in total. The highest BCUT2D eigenvalue weighted by Crippen LogP contribution is 2.32. The van der Waals surface area contributed by atoms with Crippen LogP contribution in [0, 0.1) is 0 Å². The molecular formula is C27H27ClN6O4S. The summed E-state index contributed by atoms with van der Waals surface area (Å²) < 4.78 is 28.0. The number of nitrogens with two attached hydrogens (primary N) is 1. The molecule has 0 unspecified atom stereocenters. The van der Waals surface area contributed by atoms with Crippen LogP contribution in [0.25, 0.3) is 5.65 Å². The van der Waals surface area contributed by atoms with E-state index in [1.165, 1.54) is 29.4 Å². The number of nitrogens with zero attached hydrogens (tertiary/aromatic N) is 5. The SMILES string of the molecule is CC(=O)c1cnn2c(N(Cc3cccc(Cl)c3)S(N)(=O)=O)c(C(=O)N3CCC(c4ccccc4)CC3)cnc12. The number of carbonyl (C=O) groups is 2. The minimum absolute atomic E-state index is 0.00918. The molecule has 1 fully saturated rings. The van der Waals surface area contributed by atoms with E-state index in [4.69, 9.17) is 16.7 Å². The Balaban J connectivity index is 1.57. The number of piperidine rings is 1. The van der Waals surface area contributed by atoms with Crippen molar-refractivity contribution in [3.8, 4) is 0 Å². The number of anilines is 1. The molecule has 2 aromatic heterocycles. The molecule has 4 aromatic rings. The van der Waals surface area contributed by atoms with Gasteiger partial charge in [-0.15, -0.1) is 0 Å². The number of likely N-dealkylation sites (tertiary alicyclic amines) is 1. The predicted molar refractivity (Wildman–Crippen MR) is 148 cm³/mol. The third-order valence-corrected chi connectivity index (χ3v) is 8.07. The molecule has 12 heteroatoms. The van der Waals surface area contributed by atoms with Crippen LogP contribution < -0.4 is 9.44 Å². The number of benzene rings is 2. The summed E-state index contributed by atoms with van der Waals surface area (Å²) in [6, 6.07) is 16.8. The molecular weight excluding hydrogens is 540 g/mol. The van der Waals surface area contributed by atoms with Crippen molar-refractivity contribution in [2.24, 2.45) is 5.14 Å². The lowest BCUT2D eigenvalue weighted by molar-refractivity contribution is 0.0712. The summed E-state index contributed by atoms with van der Waals surface area (Å²) >= 11 is 6.14. The summed E-state index contributed by atoms with van der Waals surface area (Å²) in [5.74, 6) is -0.471. The number of aromatic nitrogens is 3. The number of ketones is 1. The lowest BCUT2D eigenvalue weighted by Gasteiger charge is -2.33. The second-order valence-electron chi connectivity index (χ2n) is 9.50. The summed E-state index contributed by atoms with van der Waals surface area (Å²) in [4.78, 5) is 32.1. The Kier molecular flexibility index (Phi) is 7.39. The van der Waals surface area contributed by atoms with Crippen LogP contribution in [0.3, 0.4) is 0 Å². The number of rotatable bonds is 7. The van der Waals surface area contributed by atoms with E-state index >= 15 is 0 Å². The molecule has 202 valence electrons. The third-order valence-electron chi connectivity index (χ3n) is 6.92. The topological polar surface area (TPSA) is 131 Å². The maximum Gasteiger partial charge on any atom is 0.300 e. The molecule has 0 spiro atoms. The fourth-order valence-corrected chi connectivity index (χ4v) is 5.91. The average molecular weight is 567 g/mol. The van der Waals surface area contributed by atoms with Gasteiger partial charge in [0, 0.05) is 24.3 Å². The van der Waals surface area contributed by atoms with Crippen LogP contribution in [-0.2, 0) is 16.8 Å². The Labute approximate surface area is 231 Å². The van der Waals surface area contributed by atoms with E-state index in [1.807, 2.05) is 18.2 Å². The Hall–Kier alpha value is -3.80. The molecule has 0 bridgehead atoms. The molecule has 1 aliphatic rings. The van der Waals surface area contributed by atoms with Crippen molar-refractivity contribution >= 4 is 45.0 Å². The monoisotopic (exact) mass is 566 g/mol. The number of hydrogen-bond donors (Lipinski definition) is 1. The molecule has 1 saturated heterocycles. The second kappa shape index (κ2) is 10.8. The van der Waals surface area contributed by atoms with Crippen molar-refractivity contribution in [2.75, 3.05) is 17.4 Å². The van der Waals surface area contributed by atoms with Gasteiger partial charge in [0.2, 0.25) is 0 Å². The summed E-state index contributed by atoms with van der Waals surface area (Å²) in [6.45, 7) is 2.11. The maximum absolute atomic E-state index is 13.9. The Morgan fingerprint density at radius 1 is 1.05 bits per heavy atom. The zero-order valence-corrected chi connectivity index (χ0v) is 22.8. The fraction of sp³-hybridized carbons (Fsp3) is 0.259. The molecule has 3 heterocycles. The zero-order valence-electron chi connectivity index (χ0n) is 21.2. The molecule has 0 saturated carbocycles. The van der Waals surface area contributed by atoms with Gasteiger partial charge in [-0.2, -0.15) is 18.0 Å². The molecule has 0 radical (unpaired) electrons. The van der Waals surface area contributed by atoms with Gasteiger partial charge in [0.25, 0.3) is 5.91 Å². The van der Waals surface area contributed by atoms with E-state index in [0.717, 1.165) is 17.1 Å². The van der Waals surface area contributed by atoms with E-state index in [-0.39, 0.29) is 34.9 Å². The van der Waals surface area contributed by atoms with Crippen LogP contribution in [0.4, 0.5) is 5.82 Å². The van der Waals surface area contributed by atoms with Crippen molar-refractivity contribution in [1.29, 1.82) is 0 Å². The number of amides is 1. The lowest BCUT2D eigenvalue weighted by atomic mass is 9.89. The van der Waals surface area contributed by atoms with Crippen molar-refractivity contribution in [3.63, 3.8) is 0 Å². The van der Waals surface area contributed by atoms with Crippen LogP contribution in [0.1, 0.15) is 57.5 Å². The minimum atomic E-state index is -4.42. The first kappa shape index (κ1) is 26.8. The molecule has 1 amide bonds. The number of Topliss-reactive ketones (excluding diaryl/α,β-unsaturated/α-hetero) is 1. The van der Waals surface area contributed by atoms with Gasteiger partial charge in [0.1, 0.15) is 5.56 Å². The van der Waals surface area contributed by atoms with Crippen molar-refractivity contribution in [1.82, 2.24) is 19.5 Å². The first-order chi connectivity index (χ1) is 18.6. The molecule has 2 N–H and O–H groups in total. The number of fused-ring (bicyclic) bond motifs is 1. The van der Waals surface area contributed by atoms with Crippen molar-refractivity contribution in [3.05, 3.63) is 94.3 Å². The first-order valence-electron chi connectivity index (χ1n) is 12.4. The summed E-state index contributed by atoms with van der Waals surface area (Å²) in [5, 5.41) is 10.4.